The van der Waals surface area contributed by atoms with Crippen molar-refractivity contribution in [2.24, 2.45) is 0 Å². The SMILES string of the molecule is CCC(=O)Oc1ccc(Cl)cc1C(Nc1ccccn1)c1ccc([N+](=O)[O-])cc1. The molecule has 0 spiro atoms. The number of hydrogen-bond acceptors (Lipinski definition) is 6. The van der Waals surface area contributed by atoms with Crippen molar-refractivity contribution < 1.29 is 14.5 Å². The number of anilines is 1. The van der Waals surface area contributed by atoms with Crippen LogP contribution in [0.2, 0.25) is 5.02 Å². The molecule has 0 radical (unpaired) electrons. The Morgan fingerprint density at radius 3 is 2.59 bits per heavy atom. The summed E-state index contributed by atoms with van der Waals surface area (Å²) in [5, 5.41) is 14.8. The topological polar surface area (TPSA) is 94.4 Å². The Kier molecular flexibility index (Phi) is 6.41. The van der Waals surface area contributed by atoms with Gasteiger partial charge >= 0.3 is 5.97 Å². The lowest BCUT2D eigenvalue weighted by Gasteiger charge is -2.23. The first-order valence-corrected chi connectivity index (χ1v) is 9.27. The highest BCUT2D eigenvalue weighted by molar-refractivity contribution is 6.30. The summed E-state index contributed by atoms with van der Waals surface area (Å²) in [5.74, 6) is 0.561. The van der Waals surface area contributed by atoms with Crippen LogP contribution in [-0.2, 0) is 4.79 Å². The number of carbonyl (C=O) groups is 1. The van der Waals surface area contributed by atoms with Crippen molar-refractivity contribution in [2.45, 2.75) is 19.4 Å². The molecule has 1 atom stereocenters. The van der Waals surface area contributed by atoms with E-state index in [2.05, 4.69) is 10.3 Å². The molecule has 8 heteroatoms. The minimum atomic E-state index is -0.510. The number of nitrogens with one attached hydrogen (secondary N) is 1. The first-order valence-electron chi connectivity index (χ1n) is 8.90. The zero-order valence-electron chi connectivity index (χ0n) is 15.5. The molecule has 2 aromatic carbocycles. The van der Waals surface area contributed by atoms with E-state index < -0.39 is 11.0 Å². The van der Waals surface area contributed by atoms with Gasteiger partial charge in [0.05, 0.1) is 11.0 Å². The van der Waals surface area contributed by atoms with Crippen molar-refractivity contribution in [3.63, 3.8) is 0 Å². The zero-order valence-corrected chi connectivity index (χ0v) is 16.3. The number of pyridine rings is 1. The summed E-state index contributed by atoms with van der Waals surface area (Å²) < 4.78 is 5.49. The van der Waals surface area contributed by atoms with Crippen molar-refractivity contribution in [1.29, 1.82) is 0 Å². The number of carbonyl (C=O) groups excluding carboxylic acids is 1. The molecule has 148 valence electrons. The monoisotopic (exact) mass is 411 g/mol. The predicted molar refractivity (Wildman–Crippen MR) is 110 cm³/mol. The number of esters is 1. The van der Waals surface area contributed by atoms with Gasteiger partial charge in [0.25, 0.3) is 5.69 Å². The van der Waals surface area contributed by atoms with Crippen LogP contribution in [-0.4, -0.2) is 15.9 Å². The van der Waals surface area contributed by atoms with Crippen LogP contribution in [0.15, 0.2) is 66.9 Å². The maximum atomic E-state index is 11.9. The minimum absolute atomic E-state index is 0.0194. The second-order valence-corrected chi connectivity index (χ2v) is 6.59. The van der Waals surface area contributed by atoms with E-state index in [1.54, 1.807) is 55.6 Å². The average molecular weight is 412 g/mol. The van der Waals surface area contributed by atoms with E-state index >= 15 is 0 Å². The van der Waals surface area contributed by atoms with E-state index in [1.807, 2.05) is 6.07 Å². The summed E-state index contributed by atoms with van der Waals surface area (Å²) in [6, 6.07) is 16.0. The van der Waals surface area contributed by atoms with Crippen LogP contribution < -0.4 is 10.1 Å². The molecule has 7 nitrogen and oxygen atoms in total. The fourth-order valence-electron chi connectivity index (χ4n) is 2.76. The molecule has 29 heavy (non-hydrogen) atoms. The van der Waals surface area contributed by atoms with Gasteiger partial charge in [0.15, 0.2) is 0 Å². The van der Waals surface area contributed by atoms with E-state index in [4.69, 9.17) is 16.3 Å². The van der Waals surface area contributed by atoms with Gasteiger partial charge in [-0.1, -0.05) is 24.6 Å². The molecular weight excluding hydrogens is 394 g/mol. The van der Waals surface area contributed by atoms with Crippen LogP contribution in [0.1, 0.15) is 30.5 Å². The van der Waals surface area contributed by atoms with Crippen molar-refractivity contribution in [3.05, 3.63) is 93.1 Å². The Bertz CT molecular complexity index is 1010. The molecular formula is C21H18ClN3O4. The maximum Gasteiger partial charge on any atom is 0.310 e. The highest BCUT2D eigenvalue weighted by Gasteiger charge is 2.22. The number of aromatic nitrogens is 1. The quantitative estimate of drug-likeness (QED) is 0.250. The van der Waals surface area contributed by atoms with E-state index in [0.717, 1.165) is 5.56 Å². The van der Waals surface area contributed by atoms with Gasteiger partial charge in [0.2, 0.25) is 0 Å². The first kappa shape index (κ1) is 20.3. The highest BCUT2D eigenvalue weighted by atomic mass is 35.5. The van der Waals surface area contributed by atoms with Gasteiger partial charge in [-0.05, 0) is 48.0 Å². The van der Waals surface area contributed by atoms with E-state index in [9.17, 15) is 14.9 Å². The Labute approximate surface area is 172 Å². The molecule has 0 aliphatic rings. The molecule has 0 fully saturated rings. The van der Waals surface area contributed by atoms with Crippen LogP contribution in [0.3, 0.4) is 0 Å². The number of ether oxygens (including phenoxy) is 1. The van der Waals surface area contributed by atoms with Crippen molar-refractivity contribution in [2.75, 3.05) is 5.32 Å². The number of hydrogen-bond donors (Lipinski definition) is 1. The summed E-state index contributed by atoms with van der Waals surface area (Å²) in [4.78, 5) is 26.7. The lowest BCUT2D eigenvalue weighted by Crippen LogP contribution is -2.16. The molecule has 1 heterocycles. The molecule has 1 N–H and O–H groups in total. The molecule has 0 aliphatic carbocycles. The van der Waals surface area contributed by atoms with E-state index in [0.29, 0.717) is 22.2 Å². The first-order chi connectivity index (χ1) is 14.0. The Balaban J connectivity index is 2.08. The molecule has 0 aliphatic heterocycles. The smallest absolute Gasteiger partial charge is 0.310 e. The molecule has 0 saturated carbocycles. The molecule has 1 unspecified atom stereocenters. The summed E-state index contributed by atoms with van der Waals surface area (Å²) in [6.45, 7) is 1.71. The third-order valence-electron chi connectivity index (χ3n) is 4.19. The van der Waals surface area contributed by atoms with E-state index in [1.165, 1.54) is 12.1 Å². The Morgan fingerprint density at radius 1 is 1.21 bits per heavy atom. The molecule has 0 bridgehead atoms. The number of benzene rings is 2. The standard InChI is InChI=1S/C21H18ClN3O4/c1-2-20(26)29-18-11-8-15(22)13-17(18)21(24-19-5-3-4-12-23-19)14-6-9-16(10-7-14)25(27)28/h3-13,21H,2H2,1H3,(H,23,24). The third kappa shape index (κ3) is 5.08. The van der Waals surface area contributed by atoms with Crippen molar-refractivity contribution in [3.8, 4) is 5.75 Å². The summed E-state index contributed by atoms with van der Waals surface area (Å²) in [7, 11) is 0. The molecule has 1 aromatic heterocycles. The third-order valence-corrected chi connectivity index (χ3v) is 4.42. The van der Waals surface area contributed by atoms with Crippen LogP contribution in [0.25, 0.3) is 0 Å². The van der Waals surface area contributed by atoms with Gasteiger partial charge < -0.3 is 10.1 Å². The number of halogens is 1. The van der Waals surface area contributed by atoms with Crippen LogP contribution in [0.5, 0.6) is 5.75 Å². The van der Waals surface area contributed by atoms with Crippen molar-refractivity contribution in [1.82, 2.24) is 4.98 Å². The lowest BCUT2D eigenvalue weighted by molar-refractivity contribution is -0.384. The number of rotatable bonds is 7. The predicted octanol–water partition coefficient (Wildman–Crippen LogP) is 5.16. The van der Waals surface area contributed by atoms with Gasteiger partial charge in [-0.15, -0.1) is 0 Å². The molecule has 3 aromatic rings. The van der Waals surface area contributed by atoms with E-state index in [-0.39, 0.29) is 18.1 Å². The normalized spacial score (nSPS) is 11.5. The van der Waals surface area contributed by atoms with Crippen LogP contribution >= 0.6 is 11.6 Å². The minimum Gasteiger partial charge on any atom is -0.426 e. The summed E-state index contributed by atoms with van der Waals surface area (Å²) in [5.41, 5.74) is 1.31. The summed E-state index contributed by atoms with van der Waals surface area (Å²) in [6.07, 6.45) is 1.86. The Hall–Kier alpha value is -3.45. The fourth-order valence-corrected chi connectivity index (χ4v) is 2.94. The van der Waals surface area contributed by atoms with Gasteiger partial charge in [0, 0.05) is 35.3 Å². The van der Waals surface area contributed by atoms with Crippen LogP contribution in [0.4, 0.5) is 11.5 Å². The second kappa shape index (κ2) is 9.16. The average Bonchev–Trinajstić information content (AvgIpc) is 2.74. The maximum absolute atomic E-state index is 11.9. The highest BCUT2D eigenvalue weighted by Crippen LogP contribution is 2.35. The number of nitrogens with zero attached hydrogens (tertiary/aromatic N) is 2. The fraction of sp³-hybridized carbons (Fsp3) is 0.143. The number of non-ortho nitro benzene ring substituents is 1. The van der Waals surface area contributed by atoms with Gasteiger partial charge in [0.1, 0.15) is 11.6 Å². The largest absolute Gasteiger partial charge is 0.426 e. The molecule has 0 amide bonds. The number of nitro benzene ring substituents is 1. The van der Waals surface area contributed by atoms with Gasteiger partial charge in [-0.3, -0.25) is 14.9 Å². The lowest BCUT2D eigenvalue weighted by atomic mass is 9.97. The molecule has 3 rings (SSSR count). The summed E-state index contributed by atoms with van der Waals surface area (Å²) >= 11 is 6.22. The zero-order chi connectivity index (χ0) is 20.8. The number of nitro groups is 1. The second-order valence-electron chi connectivity index (χ2n) is 6.15. The van der Waals surface area contributed by atoms with Crippen molar-refractivity contribution >= 4 is 29.1 Å². The molecule has 0 saturated heterocycles. The Morgan fingerprint density at radius 2 is 1.97 bits per heavy atom. The van der Waals surface area contributed by atoms with Gasteiger partial charge in [-0.2, -0.15) is 0 Å². The van der Waals surface area contributed by atoms with Crippen LogP contribution in [0, 0.1) is 10.1 Å². The van der Waals surface area contributed by atoms with Gasteiger partial charge in [-0.25, -0.2) is 4.98 Å².